The molecule has 0 radical (unpaired) electrons. The topological polar surface area (TPSA) is 91.9 Å². The third kappa shape index (κ3) is 3.27. The lowest BCUT2D eigenvalue weighted by molar-refractivity contribution is 0.355. The largest absolute Gasteiger partial charge is 0.493 e. The number of rotatable bonds is 5. The molecule has 2 aromatic heterocycles. The number of ether oxygens (including phenoxy) is 2. The maximum absolute atomic E-state index is 6.84. The first-order chi connectivity index (χ1) is 15.6. The Morgan fingerprint density at radius 1 is 1.03 bits per heavy atom. The Kier molecular flexibility index (Phi) is 5.02. The van der Waals surface area contributed by atoms with Crippen LogP contribution in [0.15, 0.2) is 54.6 Å². The Morgan fingerprint density at radius 2 is 1.81 bits per heavy atom. The zero-order valence-corrected chi connectivity index (χ0v) is 18.4. The molecule has 2 aromatic carbocycles. The van der Waals surface area contributed by atoms with Crippen LogP contribution in [-0.4, -0.2) is 44.2 Å². The van der Waals surface area contributed by atoms with Crippen LogP contribution >= 0.6 is 11.6 Å². The number of allylic oxidation sites excluding steroid dienone is 1. The van der Waals surface area contributed by atoms with Crippen molar-refractivity contribution >= 4 is 23.2 Å². The lowest BCUT2D eigenvalue weighted by atomic mass is 10.0. The van der Waals surface area contributed by atoms with Gasteiger partial charge in [0.25, 0.3) is 0 Å². The first kappa shape index (κ1) is 20.1. The van der Waals surface area contributed by atoms with E-state index in [1.807, 2.05) is 61.5 Å². The number of benzene rings is 2. The first-order valence-corrected chi connectivity index (χ1v) is 10.3. The number of nitrogens with zero attached hydrogens (tertiary/aromatic N) is 6. The van der Waals surface area contributed by atoms with Crippen LogP contribution in [0.3, 0.4) is 0 Å². The van der Waals surface area contributed by atoms with Crippen LogP contribution in [0.1, 0.15) is 22.9 Å². The average molecular weight is 450 g/mol. The van der Waals surface area contributed by atoms with Crippen molar-refractivity contribution in [2.45, 2.75) is 13.0 Å². The molecule has 1 aliphatic heterocycles. The molecule has 0 saturated heterocycles. The summed E-state index contributed by atoms with van der Waals surface area (Å²) in [4.78, 5) is 0. The standard InChI is InChI=1S/C22H20ClN7O2/c1-13-20(21(23)29(26-13)15-7-5-4-6-8-15)17-12-16(24-22-25-27-28-30(17)22)14-9-10-18(31-2)19(11-14)32-3/h4-12,17H,1-3H3,(H,24,25,28). The molecule has 5 rings (SSSR count). The second-order valence-corrected chi connectivity index (χ2v) is 7.56. The lowest BCUT2D eigenvalue weighted by Gasteiger charge is -2.23. The van der Waals surface area contributed by atoms with Crippen molar-refractivity contribution in [3.05, 3.63) is 76.6 Å². The van der Waals surface area contributed by atoms with Gasteiger partial charge in [-0.05, 0) is 53.8 Å². The second-order valence-electron chi connectivity index (χ2n) is 7.20. The fourth-order valence-electron chi connectivity index (χ4n) is 3.82. The molecular weight excluding hydrogens is 430 g/mol. The minimum atomic E-state index is -0.352. The monoisotopic (exact) mass is 449 g/mol. The van der Waals surface area contributed by atoms with Crippen molar-refractivity contribution in [1.82, 2.24) is 30.0 Å². The van der Waals surface area contributed by atoms with E-state index in [1.54, 1.807) is 23.6 Å². The minimum absolute atomic E-state index is 0.352. The number of nitrogens with one attached hydrogen (secondary N) is 1. The third-order valence-corrected chi connectivity index (χ3v) is 5.73. The van der Waals surface area contributed by atoms with Gasteiger partial charge in [-0.25, -0.2) is 4.68 Å². The van der Waals surface area contributed by atoms with Crippen LogP contribution in [0.4, 0.5) is 5.95 Å². The summed E-state index contributed by atoms with van der Waals surface area (Å²) in [7, 11) is 3.21. The maximum Gasteiger partial charge on any atom is 0.248 e. The van der Waals surface area contributed by atoms with Gasteiger partial charge in [0.2, 0.25) is 5.95 Å². The Balaban J connectivity index is 1.63. The molecule has 9 nitrogen and oxygen atoms in total. The number of para-hydroxylation sites is 1. The number of methoxy groups -OCH3 is 2. The van der Waals surface area contributed by atoms with E-state index in [0.29, 0.717) is 22.6 Å². The molecule has 0 fully saturated rings. The number of tetrazole rings is 1. The molecule has 4 aromatic rings. The number of aryl methyl sites for hydroxylation is 1. The number of fused-ring (bicyclic) bond motifs is 1. The second kappa shape index (κ2) is 8.01. The summed E-state index contributed by atoms with van der Waals surface area (Å²) < 4.78 is 14.2. The van der Waals surface area contributed by atoms with Crippen molar-refractivity contribution in [2.75, 3.05) is 19.5 Å². The smallest absolute Gasteiger partial charge is 0.248 e. The normalized spacial score (nSPS) is 15.0. The average Bonchev–Trinajstić information content (AvgIpc) is 3.42. The summed E-state index contributed by atoms with van der Waals surface area (Å²) in [5, 5.41) is 20.6. The van der Waals surface area contributed by atoms with Gasteiger partial charge in [-0.15, -0.1) is 0 Å². The van der Waals surface area contributed by atoms with Crippen LogP contribution in [-0.2, 0) is 0 Å². The maximum atomic E-state index is 6.84. The zero-order chi connectivity index (χ0) is 22.2. The zero-order valence-electron chi connectivity index (χ0n) is 17.7. The van der Waals surface area contributed by atoms with E-state index in [9.17, 15) is 0 Å². The fourth-order valence-corrected chi connectivity index (χ4v) is 4.20. The van der Waals surface area contributed by atoms with E-state index in [4.69, 9.17) is 21.1 Å². The number of halogens is 1. The molecule has 1 aliphatic rings. The van der Waals surface area contributed by atoms with E-state index in [1.165, 1.54) is 0 Å². The molecule has 0 spiro atoms. The molecule has 1 N–H and O–H groups in total. The third-order valence-electron chi connectivity index (χ3n) is 5.37. The Morgan fingerprint density at radius 3 is 2.56 bits per heavy atom. The highest BCUT2D eigenvalue weighted by Crippen LogP contribution is 2.38. The van der Waals surface area contributed by atoms with Gasteiger partial charge < -0.3 is 14.8 Å². The number of hydrogen-bond acceptors (Lipinski definition) is 7. The van der Waals surface area contributed by atoms with Crippen LogP contribution in [0, 0.1) is 6.92 Å². The number of aromatic nitrogens is 6. The summed E-state index contributed by atoms with van der Waals surface area (Å²) in [6.07, 6.45) is 2.02. The van der Waals surface area contributed by atoms with Gasteiger partial charge in [-0.1, -0.05) is 34.9 Å². The van der Waals surface area contributed by atoms with Crippen molar-refractivity contribution in [3.8, 4) is 17.2 Å². The molecule has 0 saturated carbocycles. The highest BCUT2D eigenvalue weighted by molar-refractivity contribution is 6.30. The van der Waals surface area contributed by atoms with Gasteiger partial charge in [0, 0.05) is 16.8 Å². The summed E-state index contributed by atoms with van der Waals surface area (Å²) in [6, 6.07) is 15.1. The molecule has 0 aliphatic carbocycles. The van der Waals surface area contributed by atoms with E-state index >= 15 is 0 Å². The van der Waals surface area contributed by atoms with Gasteiger partial charge in [0.1, 0.15) is 11.2 Å². The molecule has 1 atom stereocenters. The molecule has 162 valence electrons. The number of hydrogen-bond donors (Lipinski definition) is 1. The Hall–Kier alpha value is -3.85. The molecular formula is C22H20ClN7O2. The van der Waals surface area contributed by atoms with Gasteiger partial charge in [0.15, 0.2) is 11.5 Å². The van der Waals surface area contributed by atoms with Crippen LogP contribution in [0.2, 0.25) is 5.15 Å². The quantitative estimate of drug-likeness (QED) is 0.494. The van der Waals surface area contributed by atoms with Gasteiger partial charge in [-0.3, -0.25) is 0 Å². The van der Waals surface area contributed by atoms with E-state index in [0.717, 1.165) is 28.2 Å². The van der Waals surface area contributed by atoms with Crippen molar-refractivity contribution in [3.63, 3.8) is 0 Å². The molecule has 32 heavy (non-hydrogen) atoms. The highest BCUT2D eigenvalue weighted by atomic mass is 35.5. The Bertz CT molecular complexity index is 1310. The van der Waals surface area contributed by atoms with Crippen molar-refractivity contribution < 1.29 is 9.47 Å². The fraction of sp³-hybridized carbons (Fsp3) is 0.182. The molecule has 0 amide bonds. The number of anilines is 1. The van der Waals surface area contributed by atoms with E-state index in [-0.39, 0.29) is 6.04 Å². The SMILES string of the molecule is COc1ccc(C2=CC(c3c(C)nn(-c4ccccc4)c3Cl)n3nnnc3N2)cc1OC. The predicted octanol–water partition coefficient (Wildman–Crippen LogP) is 3.89. The van der Waals surface area contributed by atoms with Crippen molar-refractivity contribution in [2.24, 2.45) is 0 Å². The Labute approximate surface area is 189 Å². The van der Waals surface area contributed by atoms with Gasteiger partial charge >= 0.3 is 0 Å². The van der Waals surface area contributed by atoms with E-state index < -0.39 is 0 Å². The van der Waals surface area contributed by atoms with Gasteiger partial charge in [0.05, 0.1) is 25.6 Å². The lowest BCUT2D eigenvalue weighted by Crippen LogP contribution is -2.21. The minimum Gasteiger partial charge on any atom is -0.493 e. The van der Waals surface area contributed by atoms with Crippen molar-refractivity contribution in [1.29, 1.82) is 0 Å². The van der Waals surface area contributed by atoms with Gasteiger partial charge in [-0.2, -0.15) is 9.78 Å². The molecule has 0 bridgehead atoms. The van der Waals surface area contributed by atoms with Crippen LogP contribution < -0.4 is 14.8 Å². The molecule has 10 heteroatoms. The highest BCUT2D eigenvalue weighted by Gasteiger charge is 2.30. The summed E-state index contributed by atoms with van der Waals surface area (Å²) in [5.74, 6) is 1.78. The summed E-state index contributed by atoms with van der Waals surface area (Å²) >= 11 is 6.84. The molecule has 3 heterocycles. The van der Waals surface area contributed by atoms with Crippen LogP contribution in [0.25, 0.3) is 11.4 Å². The first-order valence-electron chi connectivity index (χ1n) is 9.90. The molecule has 1 unspecified atom stereocenters. The summed E-state index contributed by atoms with van der Waals surface area (Å²) in [5.41, 5.74) is 4.20. The predicted molar refractivity (Wildman–Crippen MR) is 120 cm³/mol. The van der Waals surface area contributed by atoms with Crippen LogP contribution in [0.5, 0.6) is 11.5 Å². The van der Waals surface area contributed by atoms with E-state index in [2.05, 4.69) is 25.9 Å². The summed E-state index contributed by atoms with van der Waals surface area (Å²) in [6.45, 7) is 1.93.